The highest BCUT2D eigenvalue weighted by atomic mass is 35.5. The van der Waals surface area contributed by atoms with Crippen LogP contribution in [0.1, 0.15) is 18.4 Å². The zero-order valence-corrected chi connectivity index (χ0v) is 10.1. The van der Waals surface area contributed by atoms with Gasteiger partial charge in [0.15, 0.2) is 0 Å². The lowest BCUT2D eigenvalue weighted by atomic mass is 9.86. The van der Waals surface area contributed by atoms with Crippen molar-refractivity contribution in [3.8, 4) is 5.88 Å². The van der Waals surface area contributed by atoms with E-state index in [1.165, 1.54) is 0 Å². The molecule has 2 heterocycles. The van der Waals surface area contributed by atoms with Gasteiger partial charge in [-0.3, -0.25) is 0 Å². The van der Waals surface area contributed by atoms with E-state index in [-0.39, 0.29) is 12.4 Å². The van der Waals surface area contributed by atoms with E-state index in [0.29, 0.717) is 5.88 Å². The number of nitrogens with one attached hydrogen (secondary N) is 1. The Balaban J connectivity index is 0.00000128. The Labute approximate surface area is 101 Å². The molecule has 0 aliphatic carbocycles. The van der Waals surface area contributed by atoms with Crippen molar-refractivity contribution in [2.45, 2.75) is 18.4 Å². The number of rotatable bonds is 2. The third-order valence-electron chi connectivity index (χ3n) is 2.91. The highest BCUT2D eigenvalue weighted by Gasteiger charge is 2.31. The Kier molecular flexibility index (Phi) is 4.53. The number of methoxy groups -OCH3 is 1. The fourth-order valence-electron chi connectivity index (χ4n) is 1.91. The quantitative estimate of drug-likeness (QED) is 0.818. The second-order valence-corrected chi connectivity index (χ2v) is 3.87. The molecule has 2 N–H and O–H groups in total. The number of piperidine rings is 1. The molecule has 16 heavy (non-hydrogen) atoms. The lowest BCUT2D eigenvalue weighted by Gasteiger charge is -2.32. The van der Waals surface area contributed by atoms with Crippen LogP contribution in [0.5, 0.6) is 5.88 Å². The summed E-state index contributed by atoms with van der Waals surface area (Å²) in [6, 6.07) is 3.67. The highest BCUT2D eigenvalue weighted by Crippen LogP contribution is 2.30. The van der Waals surface area contributed by atoms with Gasteiger partial charge >= 0.3 is 0 Å². The smallest absolute Gasteiger partial charge is 0.212 e. The monoisotopic (exact) mass is 244 g/mol. The van der Waals surface area contributed by atoms with Gasteiger partial charge in [0.05, 0.1) is 12.7 Å². The summed E-state index contributed by atoms with van der Waals surface area (Å²) in [4.78, 5) is 4.11. The first-order valence-electron chi connectivity index (χ1n) is 5.18. The molecule has 1 aromatic heterocycles. The lowest BCUT2D eigenvalue weighted by Crippen LogP contribution is -2.39. The van der Waals surface area contributed by atoms with Crippen molar-refractivity contribution in [1.29, 1.82) is 0 Å². The molecule has 1 fully saturated rings. The Morgan fingerprint density at radius 2 is 2.06 bits per heavy atom. The maximum absolute atomic E-state index is 10.4. The second kappa shape index (κ2) is 5.48. The second-order valence-electron chi connectivity index (χ2n) is 3.87. The van der Waals surface area contributed by atoms with E-state index in [1.807, 2.05) is 6.07 Å². The van der Waals surface area contributed by atoms with Crippen molar-refractivity contribution in [1.82, 2.24) is 10.3 Å². The van der Waals surface area contributed by atoms with E-state index in [9.17, 15) is 5.11 Å². The van der Waals surface area contributed by atoms with Gasteiger partial charge in [-0.1, -0.05) is 0 Å². The van der Waals surface area contributed by atoms with Gasteiger partial charge in [0.25, 0.3) is 0 Å². The van der Waals surface area contributed by atoms with Gasteiger partial charge in [-0.25, -0.2) is 4.98 Å². The van der Waals surface area contributed by atoms with E-state index in [4.69, 9.17) is 4.74 Å². The van der Waals surface area contributed by atoms with Crippen LogP contribution in [0.4, 0.5) is 0 Å². The summed E-state index contributed by atoms with van der Waals surface area (Å²) < 4.78 is 4.98. The molecule has 1 aliphatic heterocycles. The van der Waals surface area contributed by atoms with Crippen molar-refractivity contribution in [3.63, 3.8) is 0 Å². The van der Waals surface area contributed by atoms with E-state index < -0.39 is 5.60 Å². The zero-order chi connectivity index (χ0) is 10.7. The first kappa shape index (κ1) is 13.2. The minimum Gasteiger partial charge on any atom is -0.481 e. The average Bonchev–Trinajstić information content (AvgIpc) is 2.30. The largest absolute Gasteiger partial charge is 0.481 e. The number of aliphatic hydroxyl groups is 1. The minimum atomic E-state index is -0.718. The maximum Gasteiger partial charge on any atom is 0.212 e. The number of aromatic nitrogens is 1. The number of halogens is 1. The number of hydrogen-bond donors (Lipinski definition) is 2. The van der Waals surface area contributed by atoms with Crippen LogP contribution < -0.4 is 10.1 Å². The third-order valence-corrected chi connectivity index (χ3v) is 2.91. The highest BCUT2D eigenvalue weighted by molar-refractivity contribution is 5.85. The van der Waals surface area contributed by atoms with Gasteiger partial charge in [-0.15, -0.1) is 12.4 Å². The molecule has 0 bridgehead atoms. The summed E-state index contributed by atoms with van der Waals surface area (Å²) in [5.41, 5.74) is 0.162. The number of ether oxygens (including phenoxy) is 1. The van der Waals surface area contributed by atoms with Crippen LogP contribution in [-0.4, -0.2) is 30.3 Å². The van der Waals surface area contributed by atoms with Gasteiger partial charge in [0.2, 0.25) is 5.88 Å². The molecular formula is C11H17ClN2O2. The molecule has 5 heteroatoms. The predicted octanol–water partition coefficient (Wildman–Crippen LogP) is 1.08. The summed E-state index contributed by atoms with van der Waals surface area (Å²) in [6.07, 6.45) is 3.17. The van der Waals surface area contributed by atoms with Crippen LogP contribution in [0.15, 0.2) is 18.3 Å². The van der Waals surface area contributed by atoms with E-state index in [1.54, 1.807) is 19.4 Å². The van der Waals surface area contributed by atoms with Gasteiger partial charge in [-0.05, 0) is 32.0 Å². The molecule has 0 amide bonds. The molecule has 1 saturated heterocycles. The van der Waals surface area contributed by atoms with E-state index in [2.05, 4.69) is 10.3 Å². The third kappa shape index (κ3) is 2.64. The zero-order valence-electron chi connectivity index (χ0n) is 9.27. The van der Waals surface area contributed by atoms with Crippen LogP contribution in [-0.2, 0) is 5.60 Å². The lowest BCUT2D eigenvalue weighted by molar-refractivity contribution is 0.00558. The minimum absolute atomic E-state index is 0. The first-order valence-corrected chi connectivity index (χ1v) is 5.18. The van der Waals surface area contributed by atoms with Gasteiger partial charge in [-0.2, -0.15) is 0 Å². The molecule has 0 radical (unpaired) electrons. The Hall–Kier alpha value is -0.840. The van der Waals surface area contributed by atoms with Crippen molar-refractivity contribution >= 4 is 12.4 Å². The van der Waals surface area contributed by atoms with Gasteiger partial charge in [0, 0.05) is 17.8 Å². The van der Waals surface area contributed by atoms with Crippen LogP contribution in [0.25, 0.3) is 0 Å². The predicted molar refractivity (Wildman–Crippen MR) is 64.0 cm³/mol. The van der Waals surface area contributed by atoms with Crippen LogP contribution in [0.2, 0.25) is 0 Å². The van der Waals surface area contributed by atoms with Crippen molar-refractivity contribution < 1.29 is 9.84 Å². The first-order chi connectivity index (χ1) is 7.24. The molecule has 2 rings (SSSR count). The molecule has 0 unspecified atom stereocenters. The molecule has 0 aromatic carbocycles. The number of nitrogens with zero attached hydrogens (tertiary/aromatic N) is 1. The molecule has 1 aliphatic rings. The fourth-order valence-corrected chi connectivity index (χ4v) is 1.91. The molecular weight excluding hydrogens is 228 g/mol. The molecule has 1 aromatic rings. The molecule has 0 saturated carbocycles. The molecule has 0 spiro atoms. The Morgan fingerprint density at radius 3 is 2.56 bits per heavy atom. The topological polar surface area (TPSA) is 54.4 Å². The fraction of sp³-hybridized carbons (Fsp3) is 0.545. The summed E-state index contributed by atoms with van der Waals surface area (Å²) in [7, 11) is 1.58. The van der Waals surface area contributed by atoms with Crippen molar-refractivity contribution in [3.05, 3.63) is 23.9 Å². The van der Waals surface area contributed by atoms with E-state index in [0.717, 1.165) is 31.5 Å². The number of hydrogen-bond acceptors (Lipinski definition) is 4. The van der Waals surface area contributed by atoms with Gasteiger partial charge < -0.3 is 15.2 Å². The maximum atomic E-state index is 10.4. The summed E-state index contributed by atoms with van der Waals surface area (Å²) in [5, 5.41) is 13.6. The molecule has 90 valence electrons. The van der Waals surface area contributed by atoms with Crippen LogP contribution in [0, 0.1) is 0 Å². The Bertz CT molecular complexity index is 323. The van der Waals surface area contributed by atoms with Crippen LogP contribution in [0.3, 0.4) is 0 Å². The molecule has 4 nitrogen and oxygen atoms in total. The Morgan fingerprint density at radius 1 is 1.38 bits per heavy atom. The SMILES string of the molecule is COc1ccc(C2(O)CCNCC2)cn1.Cl. The number of pyridine rings is 1. The van der Waals surface area contributed by atoms with Crippen LogP contribution >= 0.6 is 12.4 Å². The summed E-state index contributed by atoms with van der Waals surface area (Å²) in [6.45, 7) is 1.70. The average molecular weight is 245 g/mol. The van der Waals surface area contributed by atoms with Crippen molar-refractivity contribution in [2.75, 3.05) is 20.2 Å². The molecule has 0 atom stereocenters. The normalized spacial score (nSPS) is 18.6. The van der Waals surface area contributed by atoms with Crippen molar-refractivity contribution in [2.24, 2.45) is 0 Å². The van der Waals surface area contributed by atoms with Gasteiger partial charge in [0.1, 0.15) is 0 Å². The standard InChI is InChI=1S/C11H16N2O2.ClH/c1-15-10-3-2-9(8-13-10)11(14)4-6-12-7-5-11;/h2-3,8,12,14H,4-7H2,1H3;1H. The summed E-state index contributed by atoms with van der Waals surface area (Å²) in [5.74, 6) is 0.580. The van der Waals surface area contributed by atoms with E-state index >= 15 is 0 Å². The summed E-state index contributed by atoms with van der Waals surface area (Å²) >= 11 is 0.